The summed E-state index contributed by atoms with van der Waals surface area (Å²) in [6.45, 7) is 0. The summed E-state index contributed by atoms with van der Waals surface area (Å²) in [5, 5.41) is -0.480. The van der Waals surface area contributed by atoms with E-state index in [9.17, 15) is 22.0 Å². The number of hydrogen-bond acceptors (Lipinski definition) is 3. The molecule has 19 heavy (non-hydrogen) atoms. The Morgan fingerprint density at radius 1 is 1.37 bits per heavy atom. The second-order valence-corrected chi connectivity index (χ2v) is 6.25. The maximum atomic E-state index is 13.6. The maximum absolute atomic E-state index is 13.6. The molecular formula is C10H9ClF2N2O3S. The number of primary amides is 1. The fourth-order valence-corrected chi connectivity index (χ4v) is 3.62. The van der Waals surface area contributed by atoms with Crippen molar-refractivity contribution in [1.29, 1.82) is 0 Å². The number of nitrogens with one attached hydrogen (secondary N) is 1. The highest BCUT2D eigenvalue weighted by atomic mass is 35.5. The Labute approximate surface area is 112 Å². The van der Waals surface area contributed by atoms with Crippen molar-refractivity contribution in [3.8, 4) is 0 Å². The van der Waals surface area contributed by atoms with Crippen LogP contribution in [0.2, 0.25) is 5.02 Å². The number of carbonyl (C=O) groups is 1. The zero-order valence-corrected chi connectivity index (χ0v) is 11.0. The Morgan fingerprint density at radius 3 is 2.42 bits per heavy atom. The first-order valence-electron chi connectivity index (χ1n) is 5.17. The van der Waals surface area contributed by atoms with Gasteiger partial charge in [-0.3, -0.25) is 4.79 Å². The lowest BCUT2D eigenvalue weighted by Crippen LogP contribution is -2.46. The molecule has 0 saturated heterocycles. The SMILES string of the molecule is NC(=O)C1(NS(=O)(=O)c2c(Cl)ccc(F)c2F)CC1. The van der Waals surface area contributed by atoms with Crippen LogP contribution in [0.3, 0.4) is 0 Å². The van der Waals surface area contributed by atoms with Gasteiger partial charge >= 0.3 is 0 Å². The molecule has 0 atom stereocenters. The highest BCUT2D eigenvalue weighted by Gasteiger charge is 2.52. The highest BCUT2D eigenvalue weighted by molar-refractivity contribution is 7.89. The first-order valence-corrected chi connectivity index (χ1v) is 7.03. The maximum Gasteiger partial charge on any atom is 0.246 e. The number of hydrogen-bond donors (Lipinski definition) is 2. The standard InChI is InChI=1S/C10H9ClF2N2O3S/c11-5-1-2-6(12)7(13)8(5)19(17,18)15-10(3-4-10)9(14)16/h1-2,15H,3-4H2,(H2,14,16). The van der Waals surface area contributed by atoms with Gasteiger partial charge < -0.3 is 5.73 Å². The van der Waals surface area contributed by atoms with Crippen LogP contribution in [0.1, 0.15) is 12.8 Å². The van der Waals surface area contributed by atoms with Crippen LogP contribution in [0, 0.1) is 11.6 Å². The van der Waals surface area contributed by atoms with E-state index in [4.69, 9.17) is 17.3 Å². The lowest BCUT2D eigenvalue weighted by atomic mass is 10.3. The third-order valence-corrected chi connectivity index (χ3v) is 4.85. The molecule has 3 N–H and O–H groups in total. The predicted molar refractivity (Wildman–Crippen MR) is 62.8 cm³/mol. The molecule has 1 aliphatic rings. The Balaban J connectivity index is 2.47. The van der Waals surface area contributed by atoms with Crippen molar-refractivity contribution in [2.45, 2.75) is 23.3 Å². The minimum absolute atomic E-state index is 0.204. The summed E-state index contributed by atoms with van der Waals surface area (Å²) in [7, 11) is -4.48. The third kappa shape index (κ3) is 2.43. The van der Waals surface area contributed by atoms with Crippen molar-refractivity contribution >= 4 is 27.5 Å². The second kappa shape index (κ2) is 4.39. The Kier molecular flexibility index (Phi) is 3.28. The number of amides is 1. The second-order valence-electron chi connectivity index (χ2n) is 4.22. The fraction of sp³-hybridized carbons (Fsp3) is 0.300. The average Bonchev–Trinajstić information content (AvgIpc) is 3.04. The van der Waals surface area contributed by atoms with Gasteiger partial charge in [-0.15, -0.1) is 0 Å². The Bertz CT molecular complexity index is 659. The summed E-state index contributed by atoms with van der Waals surface area (Å²) in [6, 6.07) is 1.62. The molecule has 1 aromatic rings. The third-order valence-electron chi connectivity index (χ3n) is 2.82. The van der Waals surface area contributed by atoms with Crippen molar-refractivity contribution < 1.29 is 22.0 Å². The largest absolute Gasteiger partial charge is 0.368 e. The molecule has 0 bridgehead atoms. The first-order chi connectivity index (χ1) is 8.69. The molecule has 1 saturated carbocycles. The number of halogens is 3. The predicted octanol–water partition coefficient (Wildman–Crippen LogP) is 0.914. The van der Waals surface area contributed by atoms with Gasteiger partial charge in [0.15, 0.2) is 11.6 Å². The van der Waals surface area contributed by atoms with Crippen LogP contribution in [0.25, 0.3) is 0 Å². The molecule has 1 fully saturated rings. The van der Waals surface area contributed by atoms with E-state index in [1.807, 2.05) is 4.72 Å². The topological polar surface area (TPSA) is 89.3 Å². The summed E-state index contributed by atoms with van der Waals surface area (Å²) < 4.78 is 52.6. The summed E-state index contributed by atoms with van der Waals surface area (Å²) in [6.07, 6.45) is 0.409. The van der Waals surface area contributed by atoms with E-state index in [0.717, 1.165) is 6.07 Å². The van der Waals surface area contributed by atoms with Crippen molar-refractivity contribution in [3.63, 3.8) is 0 Å². The number of carbonyl (C=O) groups excluding carboxylic acids is 1. The molecule has 1 aliphatic carbocycles. The van der Waals surface area contributed by atoms with E-state index >= 15 is 0 Å². The summed E-state index contributed by atoms with van der Waals surface area (Å²) in [4.78, 5) is 10.1. The van der Waals surface area contributed by atoms with Gasteiger partial charge in [-0.2, -0.15) is 4.72 Å². The van der Waals surface area contributed by atoms with Gasteiger partial charge in [0.25, 0.3) is 0 Å². The molecule has 5 nitrogen and oxygen atoms in total. The number of sulfonamides is 1. The zero-order valence-electron chi connectivity index (χ0n) is 9.41. The molecule has 0 aromatic heterocycles. The summed E-state index contributed by atoms with van der Waals surface area (Å²) in [5.41, 5.74) is 3.63. The monoisotopic (exact) mass is 310 g/mol. The minimum Gasteiger partial charge on any atom is -0.368 e. The molecule has 0 spiro atoms. The van der Waals surface area contributed by atoms with Gasteiger partial charge in [0.2, 0.25) is 15.9 Å². The molecule has 2 rings (SSSR count). The van der Waals surface area contributed by atoms with E-state index in [1.165, 1.54) is 0 Å². The van der Waals surface area contributed by atoms with E-state index in [1.54, 1.807) is 0 Å². The van der Waals surface area contributed by atoms with Crippen LogP contribution < -0.4 is 10.5 Å². The van der Waals surface area contributed by atoms with Gasteiger partial charge in [0, 0.05) is 0 Å². The molecule has 9 heteroatoms. The fourth-order valence-electron chi connectivity index (χ4n) is 1.59. The quantitative estimate of drug-likeness (QED) is 0.810. The van der Waals surface area contributed by atoms with Crippen LogP contribution in [-0.4, -0.2) is 19.9 Å². The summed E-state index contributed by atoms with van der Waals surface area (Å²) in [5.74, 6) is -3.82. The highest BCUT2D eigenvalue weighted by Crippen LogP contribution is 2.37. The number of benzene rings is 1. The normalized spacial score (nSPS) is 17.2. The molecule has 1 amide bonds. The molecule has 0 heterocycles. The van der Waals surface area contributed by atoms with Crippen LogP contribution in [0.15, 0.2) is 17.0 Å². The van der Waals surface area contributed by atoms with E-state index in [0.29, 0.717) is 6.07 Å². The van der Waals surface area contributed by atoms with Crippen LogP contribution in [-0.2, 0) is 14.8 Å². The first kappa shape index (κ1) is 14.2. The van der Waals surface area contributed by atoms with Crippen LogP contribution in [0.5, 0.6) is 0 Å². The van der Waals surface area contributed by atoms with Gasteiger partial charge in [0.1, 0.15) is 10.4 Å². The average molecular weight is 311 g/mol. The molecule has 0 aliphatic heterocycles. The molecule has 1 aromatic carbocycles. The number of rotatable bonds is 4. The Hall–Kier alpha value is -1.25. The van der Waals surface area contributed by atoms with Crippen molar-refractivity contribution in [1.82, 2.24) is 4.72 Å². The lowest BCUT2D eigenvalue weighted by molar-refractivity contribution is -0.120. The summed E-state index contributed by atoms with van der Waals surface area (Å²) >= 11 is 5.57. The van der Waals surface area contributed by atoms with Gasteiger partial charge in [-0.1, -0.05) is 11.6 Å². The van der Waals surface area contributed by atoms with Gasteiger partial charge in [0.05, 0.1) is 5.02 Å². The van der Waals surface area contributed by atoms with Crippen LogP contribution in [0.4, 0.5) is 8.78 Å². The van der Waals surface area contributed by atoms with Crippen molar-refractivity contribution in [2.75, 3.05) is 0 Å². The molecule has 104 valence electrons. The minimum atomic E-state index is -4.48. The molecule has 0 radical (unpaired) electrons. The Morgan fingerprint density at radius 2 is 1.95 bits per heavy atom. The lowest BCUT2D eigenvalue weighted by Gasteiger charge is -2.15. The van der Waals surface area contributed by atoms with E-state index < -0.39 is 43.0 Å². The van der Waals surface area contributed by atoms with E-state index in [2.05, 4.69) is 0 Å². The van der Waals surface area contributed by atoms with Crippen molar-refractivity contribution in [2.24, 2.45) is 5.73 Å². The van der Waals surface area contributed by atoms with Gasteiger partial charge in [-0.05, 0) is 25.0 Å². The van der Waals surface area contributed by atoms with Crippen molar-refractivity contribution in [3.05, 3.63) is 28.8 Å². The van der Waals surface area contributed by atoms with Crippen LogP contribution >= 0.6 is 11.6 Å². The molecule has 0 unspecified atom stereocenters. The zero-order chi connectivity index (χ0) is 14.4. The number of nitrogens with two attached hydrogens (primary N) is 1. The molecular weight excluding hydrogens is 302 g/mol. The van der Waals surface area contributed by atoms with Gasteiger partial charge in [-0.25, -0.2) is 17.2 Å². The smallest absolute Gasteiger partial charge is 0.246 e. The van der Waals surface area contributed by atoms with E-state index in [-0.39, 0.29) is 12.8 Å².